The van der Waals surface area contributed by atoms with E-state index in [0.717, 1.165) is 29.9 Å². The van der Waals surface area contributed by atoms with Crippen molar-refractivity contribution in [2.45, 2.75) is 13.3 Å². The van der Waals surface area contributed by atoms with Gasteiger partial charge in [-0.05, 0) is 25.0 Å². The molecule has 1 rings (SSSR count). The van der Waals surface area contributed by atoms with Crippen molar-refractivity contribution in [3.8, 4) is 5.75 Å². The van der Waals surface area contributed by atoms with Crippen LogP contribution >= 0.6 is 0 Å². The highest BCUT2D eigenvalue weighted by Crippen LogP contribution is 2.22. The van der Waals surface area contributed by atoms with Crippen LogP contribution in [0.15, 0.2) is 24.8 Å². The minimum absolute atomic E-state index is 0.740. The van der Waals surface area contributed by atoms with E-state index < -0.39 is 0 Å². The van der Waals surface area contributed by atoms with Gasteiger partial charge in [-0.2, -0.15) is 0 Å². The zero-order chi connectivity index (χ0) is 9.68. The molecule has 0 spiro atoms. The van der Waals surface area contributed by atoms with Crippen LogP contribution in [0.25, 0.3) is 6.08 Å². The van der Waals surface area contributed by atoms with Crippen molar-refractivity contribution >= 4 is 6.08 Å². The fourth-order valence-corrected chi connectivity index (χ4v) is 1.16. The summed E-state index contributed by atoms with van der Waals surface area (Å²) in [4.78, 5) is 0. The second-order valence-corrected chi connectivity index (χ2v) is 2.88. The molecule has 0 atom stereocenters. The van der Waals surface area contributed by atoms with Crippen LogP contribution in [-0.2, 0) is 0 Å². The molecular formula is C12H15O. The third-order valence-corrected chi connectivity index (χ3v) is 1.82. The van der Waals surface area contributed by atoms with E-state index >= 15 is 0 Å². The van der Waals surface area contributed by atoms with Crippen molar-refractivity contribution in [1.82, 2.24) is 0 Å². The van der Waals surface area contributed by atoms with Crippen molar-refractivity contribution in [2.24, 2.45) is 0 Å². The molecule has 0 amide bonds. The molecule has 69 valence electrons. The Morgan fingerprint density at radius 2 is 2.23 bits per heavy atom. The maximum atomic E-state index is 5.55. The van der Waals surface area contributed by atoms with Gasteiger partial charge < -0.3 is 4.74 Å². The molecule has 0 unspecified atom stereocenters. The van der Waals surface area contributed by atoms with E-state index in [0.29, 0.717) is 0 Å². The van der Waals surface area contributed by atoms with Crippen molar-refractivity contribution in [3.05, 3.63) is 42.8 Å². The smallest absolute Gasteiger partial charge is 0.126 e. The molecule has 0 saturated heterocycles. The molecule has 1 radical (unpaired) electrons. The monoisotopic (exact) mass is 175 g/mol. The Kier molecular flexibility index (Phi) is 3.56. The number of benzene rings is 1. The Hall–Kier alpha value is -1.24. The summed E-state index contributed by atoms with van der Waals surface area (Å²) in [5.74, 6) is 0.879. The van der Waals surface area contributed by atoms with Gasteiger partial charge in [-0.15, -0.1) is 0 Å². The van der Waals surface area contributed by atoms with Crippen LogP contribution in [0.5, 0.6) is 5.75 Å². The Morgan fingerprint density at radius 1 is 1.46 bits per heavy atom. The molecule has 0 aliphatic heterocycles. The van der Waals surface area contributed by atoms with Gasteiger partial charge in [-0.1, -0.05) is 31.7 Å². The normalized spacial score (nSPS) is 9.69. The molecule has 0 saturated carbocycles. The Bertz CT molecular complexity index is 289. The second kappa shape index (κ2) is 4.70. The van der Waals surface area contributed by atoms with Gasteiger partial charge in [-0.25, -0.2) is 0 Å². The van der Waals surface area contributed by atoms with Gasteiger partial charge in [0.15, 0.2) is 0 Å². The lowest BCUT2D eigenvalue weighted by Gasteiger charge is -2.09. The quantitative estimate of drug-likeness (QED) is 0.682. The van der Waals surface area contributed by atoms with E-state index in [-0.39, 0.29) is 0 Å². The minimum Gasteiger partial charge on any atom is -0.493 e. The van der Waals surface area contributed by atoms with Gasteiger partial charge in [0, 0.05) is 5.56 Å². The van der Waals surface area contributed by atoms with Gasteiger partial charge in [0.1, 0.15) is 5.75 Å². The lowest BCUT2D eigenvalue weighted by molar-refractivity contribution is 0.316. The van der Waals surface area contributed by atoms with Crippen LogP contribution < -0.4 is 4.74 Å². The van der Waals surface area contributed by atoms with Crippen LogP contribution in [0.1, 0.15) is 24.5 Å². The standard InChI is InChI=1S/C12H15O/c1-4-9-13-12-8-6-7-10(3)11(12)5-2/h5-8H,2-4,9H2,1H3. The number of hydrogen-bond acceptors (Lipinski definition) is 1. The van der Waals surface area contributed by atoms with Crippen LogP contribution in [0.4, 0.5) is 0 Å². The molecule has 0 aliphatic rings. The van der Waals surface area contributed by atoms with E-state index in [1.165, 1.54) is 0 Å². The highest BCUT2D eigenvalue weighted by molar-refractivity contribution is 5.60. The molecule has 1 heteroatoms. The molecule has 1 aromatic carbocycles. The van der Waals surface area contributed by atoms with Crippen molar-refractivity contribution in [2.75, 3.05) is 6.61 Å². The predicted octanol–water partition coefficient (Wildman–Crippen LogP) is 3.30. The van der Waals surface area contributed by atoms with Crippen LogP contribution in [0.3, 0.4) is 0 Å². The fourth-order valence-electron chi connectivity index (χ4n) is 1.16. The number of ether oxygens (including phenoxy) is 1. The van der Waals surface area contributed by atoms with E-state index in [4.69, 9.17) is 4.74 Å². The molecule has 0 N–H and O–H groups in total. The van der Waals surface area contributed by atoms with Crippen LogP contribution in [-0.4, -0.2) is 6.61 Å². The maximum absolute atomic E-state index is 5.55. The molecule has 0 fully saturated rings. The summed E-state index contributed by atoms with van der Waals surface area (Å²) in [5.41, 5.74) is 1.96. The van der Waals surface area contributed by atoms with Gasteiger partial charge >= 0.3 is 0 Å². The summed E-state index contributed by atoms with van der Waals surface area (Å²) < 4.78 is 5.55. The van der Waals surface area contributed by atoms with Crippen molar-refractivity contribution in [1.29, 1.82) is 0 Å². The largest absolute Gasteiger partial charge is 0.493 e. The SMILES string of the molecule is [CH2]c1cccc(OCCC)c1C=C. The first-order valence-electron chi connectivity index (χ1n) is 4.49. The van der Waals surface area contributed by atoms with Crippen molar-refractivity contribution in [3.63, 3.8) is 0 Å². The lowest BCUT2D eigenvalue weighted by atomic mass is 10.1. The maximum Gasteiger partial charge on any atom is 0.126 e. The van der Waals surface area contributed by atoms with Crippen molar-refractivity contribution < 1.29 is 4.74 Å². The molecule has 1 aromatic rings. The summed E-state index contributed by atoms with van der Waals surface area (Å²) in [7, 11) is 0. The van der Waals surface area contributed by atoms with Gasteiger partial charge in [0.05, 0.1) is 6.61 Å². The summed E-state index contributed by atoms with van der Waals surface area (Å²) in [6, 6.07) is 5.84. The minimum atomic E-state index is 0.740. The molecule has 0 heterocycles. The summed E-state index contributed by atoms with van der Waals surface area (Å²) in [5, 5.41) is 0. The first-order valence-corrected chi connectivity index (χ1v) is 4.49. The van der Waals surface area contributed by atoms with Gasteiger partial charge in [0.25, 0.3) is 0 Å². The average Bonchev–Trinajstić information content (AvgIpc) is 2.15. The molecule has 0 aliphatic carbocycles. The summed E-state index contributed by atoms with van der Waals surface area (Å²) in [6.07, 6.45) is 2.80. The summed E-state index contributed by atoms with van der Waals surface area (Å²) >= 11 is 0. The Morgan fingerprint density at radius 3 is 2.85 bits per heavy atom. The van der Waals surface area contributed by atoms with E-state index in [1.807, 2.05) is 18.2 Å². The second-order valence-electron chi connectivity index (χ2n) is 2.88. The van der Waals surface area contributed by atoms with Gasteiger partial charge in [0.2, 0.25) is 0 Å². The lowest BCUT2D eigenvalue weighted by Crippen LogP contribution is -1.97. The zero-order valence-electron chi connectivity index (χ0n) is 8.05. The fraction of sp³-hybridized carbons (Fsp3) is 0.250. The van der Waals surface area contributed by atoms with E-state index in [2.05, 4.69) is 20.4 Å². The summed E-state index contributed by atoms with van der Waals surface area (Å²) in [6.45, 7) is 10.5. The highest BCUT2D eigenvalue weighted by Gasteiger charge is 2.01. The average molecular weight is 175 g/mol. The molecule has 1 nitrogen and oxygen atoms in total. The topological polar surface area (TPSA) is 9.23 Å². The third kappa shape index (κ3) is 2.35. The van der Waals surface area contributed by atoms with E-state index in [9.17, 15) is 0 Å². The molecule has 0 bridgehead atoms. The van der Waals surface area contributed by atoms with Crippen LogP contribution in [0, 0.1) is 6.92 Å². The Labute approximate surface area is 80.0 Å². The Balaban J connectivity index is 2.91. The number of hydrogen-bond donors (Lipinski definition) is 0. The molecule has 0 aromatic heterocycles. The molecule has 13 heavy (non-hydrogen) atoms. The first-order chi connectivity index (χ1) is 6.29. The molecular weight excluding hydrogens is 160 g/mol. The van der Waals surface area contributed by atoms with Crippen LogP contribution in [0.2, 0.25) is 0 Å². The van der Waals surface area contributed by atoms with E-state index in [1.54, 1.807) is 6.08 Å². The first kappa shape index (κ1) is 9.85. The predicted molar refractivity (Wildman–Crippen MR) is 56.8 cm³/mol. The zero-order valence-corrected chi connectivity index (χ0v) is 8.05. The third-order valence-electron chi connectivity index (χ3n) is 1.82. The number of rotatable bonds is 4. The highest BCUT2D eigenvalue weighted by atomic mass is 16.5. The van der Waals surface area contributed by atoms with Gasteiger partial charge in [-0.3, -0.25) is 0 Å².